The van der Waals surface area contributed by atoms with Gasteiger partial charge in [0.15, 0.2) is 5.58 Å². The minimum Gasteiger partial charge on any atom is -0.423 e. The number of aryl methyl sites for hydroxylation is 1. The number of nitrogens with zero attached hydrogens (tertiary/aromatic N) is 2. The minimum atomic E-state index is -3.41. The summed E-state index contributed by atoms with van der Waals surface area (Å²) in [4.78, 5) is 7.77. The molecule has 27 heavy (non-hydrogen) atoms. The van der Waals surface area contributed by atoms with Crippen LogP contribution in [0.5, 0.6) is 0 Å². The van der Waals surface area contributed by atoms with Crippen molar-refractivity contribution in [3.05, 3.63) is 41.3 Å². The SMILES string of the molecule is CCc1ccc(S(=O)(=O)NCC2CCN(c3nc4ccccc4o3)CC2)s1. The van der Waals surface area contributed by atoms with Crippen molar-refractivity contribution >= 4 is 38.5 Å². The molecule has 6 nitrogen and oxygen atoms in total. The largest absolute Gasteiger partial charge is 0.423 e. The number of nitrogens with one attached hydrogen (secondary N) is 1. The molecule has 1 N–H and O–H groups in total. The second-order valence-electron chi connectivity index (χ2n) is 6.82. The Balaban J connectivity index is 1.32. The van der Waals surface area contributed by atoms with Crippen LogP contribution in [0.4, 0.5) is 6.01 Å². The Bertz CT molecular complexity index is 985. The maximum atomic E-state index is 12.5. The van der Waals surface area contributed by atoms with E-state index in [9.17, 15) is 8.42 Å². The molecule has 0 bridgehead atoms. The molecule has 3 aromatic rings. The summed E-state index contributed by atoms with van der Waals surface area (Å²) in [6.07, 6.45) is 2.67. The van der Waals surface area contributed by atoms with E-state index in [1.165, 1.54) is 11.3 Å². The van der Waals surface area contributed by atoms with Crippen molar-refractivity contribution in [2.75, 3.05) is 24.5 Å². The number of hydrogen-bond acceptors (Lipinski definition) is 6. The first kappa shape index (κ1) is 18.5. The highest BCUT2D eigenvalue weighted by molar-refractivity contribution is 7.91. The zero-order valence-electron chi connectivity index (χ0n) is 15.2. The summed E-state index contributed by atoms with van der Waals surface area (Å²) >= 11 is 1.35. The maximum absolute atomic E-state index is 12.5. The first-order valence-electron chi connectivity index (χ1n) is 9.24. The zero-order valence-corrected chi connectivity index (χ0v) is 16.9. The van der Waals surface area contributed by atoms with Crippen LogP contribution in [0.25, 0.3) is 11.1 Å². The Morgan fingerprint density at radius 2 is 2.00 bits per heavy atom. The fourth-order valence-corrected chi connectivity index (χ4v) is 5.77. The normalized spacial score (nSPS) is 16.3. The van der Waals surface area contributed by atoms with E-state index >= 15 is 0 Å². The lowest BCUT2D eigenvalue weighted by Gasteiger charge is -2.30. The van der Waals surface area contributed by atoms with E-state index in [0.717, 1.165) is 48.3 Å². The molecule has 0 saturated carbocycles. The van der Waals surface area contributed by atoms with E-state index in [1.807, 2.05) is 37.3 Å². The van der Waals surface area contributed by atoms with E-state index in [4.69, 9.17) is 4.42 Å². The van der Waals surface area contributed by atoms with Gasteiger partial charge in [-0.1, -0.05) is 19.1 Å². The van der Waals surface area contributed by atoms with E-state index in [0.29, 0.717) is 22.7 Å². The number of piperidine rings is 1. The molecule has 1 fully saturated rings. The number of sulfonamides is 1. The molecule has 3 heterocycles. The Morgan fingerprint density at radius 1 is 1.22 bits per heavy atom. The second kappa shape index (κ2) is 7.61. The van der Waals surface area contributed by atoms with Crippen molar-refractivity contribution in [3.8, 4) is 0 Å². The molecular formula is C19H23N3O3S2. The lowest BCUT2D eigenvalue weighted by Crippen LogP contribution is -2.38. The highest BCUT2D eigenvalue weighted by atomic mass is 32.2. The van der Waals surface area contributed by atoms with Crippen LogP contribution in [0, 0.1) is 5.92 Å². The summed E-state index contributed by atoms with van der Waals surface area (Å²) in [7, 11) is -3.41. The molecule has 8 heteroatoms. The molecule has 2 aromatic heterocycles. The molecule has 1 aliphatic rings. The summed E-state index contributed by atoms with van der Waals surface area (Å²) in [6.45, 7) is 4.14. The molecule has 4 rings (SSSR count). The number of anilines is 1. The number of thiophene rings is 1. The summed E-state index contributed by atoms with van der Waals surface area (Å²) < 4.78 is 33.9. The molecule has 1 aliphatic heterocycles. The third kappa shape index (κ3) is 4.02. The summed E-state index contributed by atoms with van der Waals surface area (Å²) in [5.74, 6) is 0.325. The van der Waals surface area contributed by atoms with Gasteiger partial charge in [-0.25, -0.2) is 13.1 Å². The van der Waals surface area contributed by atoms with Crippen molar-refractivity contribution in [1.82, 2.24) is 9.71 Å². The van der Waals surface area contributed by atoms with Crippen LogP contribution in [-0.2, 0) is 16.4 Å². The molecule has 1 aromatic carbocycles. The number of hydrogen-bond donors (Lipinski definition) is 1. The van der Waals surface area contributed by atoms with Crippen LogP contribution in [-0.4, -0.2) is 33.0 Å². The quantitative estimate of drug-likeness (QED) is 0.678. The van der Waals surface area contributed by atoms with E-state index in [2.05, 4.69) is 14.6 Å². The Morgan fingerprint density at radius 3 is 2.70 bits per heavy atom. The fourth-order valence-electron chi connectivity index (χ4n) is 3.32. The van der Waals surface area contributed by atoms with Crippen molar-refractivity contribution in [1.29, 1.82) is 0 Å². The number of benzene rings is 1. The molecule has 0 unspecified atom stereocenters. The Kier molecular flexibility index (Phi) is 5.21. The van der Waals surface area contributed by atoms with Gasteiger partial charge in [-0.3, -0.25) is 0 Å². The van der Waals surface area contributed by atoms with Crippen LogP contribution in [0.3, 0.4) is 0 Å². The van der Waals surface area contributed by atoms with Gasteiger partial charge in [-0.05, 0) is 49.4 Å². The predicted molar refractivity (Wildman–Crippen MR) is 108 cm³/mol. The smallest absolute Gasteiger partial charge is 0.298 e. The van der Waals surface area contributed by atoms with Crippen LogP contribution in [0.2, 0.25) is 0 Å². The maximum Gasteiger partial charge on any atom is 0.298 e. The second-order valence-corrected chi connectivity index (χ2v) is 9.98. The van der Waals surface area contributed by atoms with Crippen molar-refractivity contribution in [3.63, 3.8) is 0 Å². The first-order chi connectivity index (χ1) is 13.0. The van der Waals surface area contributed by atoms with E-state index < -0.39 is 10.0 Å². The van der Waals surface area contributed by atoms with Crippen molar-refractivity contribution in [2.24, 2.45) is 5.92 Å². The van der Waals surface area contributed by atoms with Crippen molar-refractivity contribution in [2.45, 2.75) is 30.4 Å². The van der Waals surface area contributed by atoms with E-state index in [-0.39, 0.29) is 0 Å². The lowest BCUT2D eigenvalue weighted by molar-refractivity contribution is 0.387. The van der Waals surface area contributed by atoms with Gasteiger partial charge in [0.25, 0.3) is 6.01 Å². The number of oxazole rings is 1. The number of aromatic nitrogens is 1. The van der Waals surface area contributed by atoms with Gasteiger partial charge in [-0.15, -0.1) is 11.3 Å². The van der Waals surface area contributed by atoms with Gasteiger partial charge >= 0.3 is 0 Å². The van der Waals surface area contributed by atoms with Gasteiger partial charge in [0.2, 0.25) is 10.0 Å². The molecule has 0 radical (unpaired) electrons. The third-order valence-corrected chi connectivity index (χ3v) is 8.12. The molecule has 0 spiro atoms. The minimum absolute atomic E-state index is 0.325. The highest BCUT2D eigenvalue weighted by Crippen LogP contribution is 2.27. The van der Waals surface area contributed by atoms with Crippen LogP contribution in [0.1, 0.15) is 24.6 Å². The Hall–Kier alpha value is -1.90. The van der Waals surface area contributed by atoms with Crippen LogP contribution < -0.4 is 9.62 Å². The number of fused-ring (bicyclic) bond motifs is 1. The molecule has 1 saturated heterocycles. The van der Waals surface area contributed by atoms with Gasteiger partial charge in [0.1, 0.15) is 9.73 Å². The number of rotatable bonds is 6. The predicted octanol–water partition coefficient (Wildman–Crippen LogP) is 3.65. The van der Waals surface area contributed by atoms with Gasteiger partial charge in [0.05, 0.1) is 0 Å². The average molecular weight is 406 g/mol. The van der Waals surface area contributed by atoms with Gasteiger partial charge in [-0.2, -0.15) is 4.98 Å². The first-order valence-corrected chi connectivity index (χ1v) is 11.5. The molecule has 0 atom stereocenters. The van der Waals surface area contributed by atoms with Crippen LogP contribution >= 0.6 is 11.3 Å². The Labute approximate surface area is 163 Å². The van der Waals surface area contributed by atoms with Crippen LogP contribution in [0.15, 0.2) is 45.0 Å². The van der Waals surface area contributed by atoms with Crippen molar-refractivity contribution < 1.29 is 12.8 Å². The molecule has 0 amide bonds. The fraction of sp³-hybridized carbons (Fsp3) is 0.421. The number of para-hydroxylation sites is 2. The topological polar surface area (TPSA) is 75.4 Å². The standard InChI is InChI=1S/C19H23N3O3S2/c1-2-15-7-8-18(26-15)27(23,24)20-13-14-9-11-22(12-10-14)19-21-16-5-3-4-6-17(16)25-19/h3-8,14,20H,2,9-13H2,1H3. The zero-order chi connectivity index (χ0) is 18.9. The van der Waals surface area contributed by atoms with Gasteiger partial charge in [0, 0.05) is 24.5 Å². The highest BCUT2D eigenvalue weighted by Gasteiger charge is 2.25. The molecule has 144 valence electrons. The lowest BCUT2D eigenvalue weighted by atomic mass is 9.97. The monoisotopic (exact) mass is 405 g/mol. The molecular weight excluding hydrogens is 382 g/mol. The average Bonchev–Trinajstić information content (AvgIpc) is 3.34. The molecule has 0 aliphatic carbocycles. The summed E-state index contributed by atoms with van der Waals surface area (Å²) in [6, 6.07) is 12.0. The van der Waals surface area contributed by atoms with E-state index in [1.54, 1.807) is 6.07 Å². The van der Waals surface area contributed by atoms with Gasteiger partial charge < -0.3 is 9.32 Å². The summed E-state index contributed by atoms with van der Waals surface area (Å²) in [5.41, 5.74) is 1.66. The summed E-state index contributed by atoms with van der Waals surface area (Å²) in [5, 5.41) is 0. The third-order valence-electron chi connectivity index (χ3n) is 4.98.